The Morgan fingerprint density at radius 1 is 1.25 bits per heavy atom. The van der Waals surface area contributed by atoms with E-state index in [1.165, 1.54) is 5.56 Å². The summed E-state index contributed by atoms with van der Waals surface area (Å²) in [6, 6.07) is 10.1. The lowest BCUT2D eigenvalue weighted by molar-refractivity contribution is -0.148. The molecule has 1 aliphatic rings. The number of likely N-dealkylation sites (N-methyl/N-ethyl adjacent to an activating group) is 1. The van der Waals surface area contributed by atoms with Crippen LogP contribution < -0.4 is 0 Å². The quantitative estimate of drug-likeness (QED) is 0.649. The van der Waals surface area contributed by atoms with E-state index in [0.29, 0.717) is 19.7 Å². The van der Waals surface area contributed by atoms with Gasteiger partial charge in [0.2, 0.25) is 5.91 Å². The normalized spacial score (nSPS) is 17.5. The van der Waals surface area contributed by atoms with Gasteiger partial charge in [-0.15, -0.1) is 0 Å². The molecule has 0 N–H and O–H groups in total. The molecular formula is C19H28N2O3. The number of benzene rings is 1. The summed E-state index contributed by atoms with van der Waals surface area (Å²) in [5, 5.41) is 0. The first kappa shape index (κ1) is 18.5. The van der Waals surface area contributed by atoms with Crippen molar-refractivity contribution in [3.05, 3.63) is 35.9 Å². The molecule has 24 heavy (non-hydrogen) atoms. The molecule has 132 valence electrons. The topological polar surface area (TPSA) is 49.9 Å². The standard InChI is InChI=1S/C19H28N2O3/c1-3-20(4-2)12-13-24-19(23)17-14-18(22)21(15-17)11-10-16-8-6-5-7-9-16/h5-9,17H,3-4,10-15H2,1-2H3. The van der Waals surface area contributed by atoms with E-state index in [-0.39, 0.29) is 24.2 Å². The zero-order chi connectivity index (χ0) is 17.4. The first-order valence-electron chi connectivity index (χ1n) is 8.84. The summed E-state index contributed by atoms with van der Waals surface area (Å²) in [5.74, 6) is -0.501. The fourth-order valence-corrected chi connectivity index (χ4v) is 2.99. The van der Waals surface area contributed by atoms with E-state index in [0.717, 1.165) is 26.1 Å². The highest BCUT2D eigenvalue weighted by atomic mass is 16.5. The van der Waals surface area contributed by atoms with Gasteiger partial charge in [0.1, 0.15) is 6.61 Å². The lowest BCUT2D eigenvalue weighted by Gasteiger charge is -2.19. The number of esters is 1. The Hall–Kier alpha value is -1.88. The number of nitrogens with zero attached hydrogens (tertiary/aromatic N) is 2. The summed E-state index contributed by atoms with van der Waals surface area (Å²) < 4.78 is 5.36. The summed E-state index contributed by atoms with van der Waals surface area (Å²) in [6.45, 7) is 8.36. The zero-order valence-electron chi connectivity index (χ0n) is 14.7. The minimum Gasteiger partial charge on any atom is -0.464 e. The third-order valence-corrected chi connectivity index (χ3v) is 4.61. The molecule has 1 aromatic rings. The molecule has 0 radical (unpaired) electrons. The number of hydrogen-bond donors (Lipinski definition) is 0. The number of rotatable bonds is 9. The van der Waals surface area contributed by atoms with Crippen molar-refractivity contribution in [1.29, 1.82) is 0 Å². The average molecular weight is 332 g/mol. The van der Waals surface area contributed by atoms with E-state index in [9.17, 15) is 9.59 Å². The molecule has 1 fully saturated rings. The fraction of sp³-hybridized carbons (Fsp3) is 0.579. The van der Waals surface area contributed by atoms with Crippen LogP contribution in [0, 0.1) is 5.92 Å². The van der Waals surface area contributed by atoms with Gasteiger partial charge >= 0.3 is 5.97 Å². The van der Waals surface area contributed by atoms with Crippen LogP contribution in [0.3, 0.4) is 0 Å². The van der Waals surface area contributed by atoms with E-state index in [2.05, 4.69) is 30.9 Å². The predicted octanol–water partition coefficient (Wildman–Crippen LogP) is 1.96. The second-order valence-electron chi connectivity index (χ2n) is 6.17. The largest absolute Gasteiger partial charge is 0.464 e. The molecule has 0 aliphatic carbocycles. The second-order valence-corrected chi connectivity index (χ2v) is 6.17. The molecule has 1 aromatic carbocycles. The smallest absolute Gasteiger partial charge is 0.311 e. The van der Waals surface area contributed by atoms with Crippen LogP contribution in [0.25, 0.3) is 0 Å². The first-order valence-corrected chi connectivity index (χ1v) is 8.84. The Balaban J connectivity index is 1.73. The van der Waals surface area contributed by atoms with Crippen molar-refractivity contribution in [2.75, 3.05) is 39.3 Å². The molecule has 1 atom stereocenters. The molecular weight excluding hydrogens is 304 g/mol. The van der Waals surface area contributed by atoms with Gasteiger partial charge in [-0.1, -0.05) is 44.2 Å². The molecule has 0 spiro atoms. The summed E-state index contributed by atoms with van der Waals surface area (Å²) >= 11 is 0. The minimum absolute atomic E-state index is 0.0524. The van der Waals surface area contributed by atoms with Crippen LogP contribution in [0.2, 0.25) is 0 Å². The van der Waals surface area contributed by atoms with Crippen LogP contribution in [-0.2, 0) is 20.7 Å². The van der Waals surface area contributed by atoms with Crippen molar-refractivity contribution in [2.24, 2.45) is 5.92 Å². The molecule has 1 amide bonds. The fourth-order valence-electron chi connectivity index (χ4n) is 2.99. The molecule has 1 heterocycles. The molecule has 0 aromatic heterocycles. The van der Waals surface area contributed by atoms with E-state index < -0.39 is 0 Å². The van der Waals surface area contributed by atoms with Gasteiger partial charge in [0.15, 0.2) is 0 Å². The van der Waals surface area contributed by atoms with Crippen LogP contribution in [-0.4, -0.2) is 61.0 Å². The Morgan fingerprint density at radius 2 is 1.96 bits per heavy atom. The van der Waals surface area contributed by atoms with Gasteiger partial charge in [-0.05, 0) is 25.1 Å². The van der Waals surface area contributed by atoms with Crippen LogP contribution in [0.4, 0.5) is 0 Å². The van der Waals surface area contributed by atoms with E-state index in [1.54, 1.807) is 4.90 Å². The number of likely N-dealkylation sites (tertiary alicyclic amines) is 1. The van der Waals surface area contributed by atoms with Gasteiger partial charge in [-0.2, -0.15) is 0 Å². The van der Waals surface area contributed by atoms with Crippen molar-refractivity contribution < 1.29 is 14.3 Å². The molecule has 2 rings (SSSR count). The van der Waals surface area contributed by atoms with Crippen molar-refractivity contribution in [3.63, 3.8) is 0 Å². The molecule has 5 nitrogen and oxygen atoms in total. The third kappa shape index (κ3) is 5.34. The van der Waals surface area contributed by atoms with Crippen LogP contribution in [0.5, 0.6) is 0 Å². The number of carbonyl (C=O) groups is 2. The van der Waals surface area contributed by atoms with Crippen LogP contribution in [0.1, 0.15) is 25.8 Å². The molecule has 0 bridgehead atoms. The van der Waals surface area contributed by atoms with Gasteiger partial charge < -0.3 is 14.5 Å². The number of amides is 1. The second kappa shape index (κ2) is 9.42. The first-order chi connectivity index (χ1) is 11.6. The Kier molecular flexibility index (Phi) is 7.25. The maximum atomic E-state index is 12.1. The zero-order valence-corrected chi connectivity index (χ0v) is 14.7. The summed E-state index contributed by atoms with van der Waals surface area (Å²) in [4.78, 5) is 28.2. The lowest BCUT2D eigenvalue weighted by Crippen LogP contribution is -2.31. The van der Waals surface area contributed by atoms with Gasteiger partial charge in [-0.25, -0.2) is 0 Å². The molecule has 5 heteroatoms. The Bertz CT molecular complexity index is 529. The van der Waals surface area contributed by atoms with Crippen molar-refractivity contribution >= 4 is 11.9 Å². The lowest BCUT2D eigenvalue weighted by atomic mass is 10.1. The van der Waals surface area contributed by atoms with Gasteiger partial charge in [-0.3, -0.25) is 9.59 Å². The Morgan fingerprint density at radius 3 is 2.62 bits per heavy atom. The molecule has 1 unspecified atom stereocenters. The molecule has 0 saturated carbocycles. The number of hydrogen-bond acceptors (Lipinski definition) is 4. The summed E-state index contributed by atoms with van der Waals surface area (Å²) in [5.41, 5.74) is 1.20. The summed E-state index contributed by atoms with van der Waals surface area (Å²) in [7, 11) is 0. The Labute approximate surface area is 144 Å². The SMILES string of the molecule is CCN(CC)CCOC(=O)C1CC(=O)N(CCc2ccccc2)C1. The monoisotopic (exact) mass is 332 g/mol. The van der Waals surface area contributed by atoms with Crippen molar-refractivity contribution in [1.82, 2.24) is 9.80 Å². The molecule has 1 saturated heterocycles. The average Bonchev–Trinajstić information content (AvgIpc) is 2.98. The van der Waals surface area contributed by atoms with Crippen molar-refractivity contribution in [3.8, 4) is 0 Å². The highest BCUT2D eigenvalue weighted by Crippen LogP contribution is 2.19. The number of carbonyl (C=O) groups excluding carboxylic acids is 2. The van der Waals surface area contributed by atoms with E-state index in [1.807, 2.05) is 18.2 Å². The van der Waals surface area contributed by atoms with Gasteiger partial charge in [0.05, 0.1) is 5.92 Å². The van der Waals surface area contributed by atoms with Gasteiger partial charge in [0, 0.05) is 26.1 Å². The van der Waals surface area contributed by atoms with Crippen LogP contribution >= 0.6 is 0 Å². The third-order valence-electron chi connectivity index (χ3n) is 4.61. The van der Waals surface area contributed by atoms with E-state index >= 15 is 0 Å². The molecule has 1 aliphatic heterocycles. The minimum atomic E-state index is -0.315. The maximum absolute atomic E-state index is 12.1. The van der Waals surface area contributed by atoms with Crippen molar-refractivity contribution in [2.45, 2.75) is 26.7 Å². The van der Waals surface area contributed by atoms with Gasteiger partial charge in [0.25, 0.3) is 0 Å². The van der Waals surface area contributed by atoms with Crippen LogP contribution in [0.15, 0.2) is 30.3 Å². The number of ether oxygens (including phenoxy) is 1. The van der Waals surface area contributed by atoms with E-state index in [4.69, 9.17) is 4.74 Å². The predicted molar refractivity (Wildman–Crippen MR) is 93.6 cm³/mol. The maximum Gasteiger partial charge on any atom is 0.311 e. The highest BCUT2D eigenvalue weighted by Gasteiger charge is 2.35. The highest BCUT2D eigenvalue weighted by molar-refractivity contribution is 5.86. The summed E-state index contributed by atoms with van der Waals surface area (Å²) in [6.07, 6.45) is 1.09.